The van der Waals surface area contributed by atoms with Crippen LogP contribution in [0.15, 0.2) is 18.3 Å². The SMILES string of the molecule is CNCc1ncc(-c2ccc(OC)c(C)c2OC)[nH]1. The molecule has 5 nitrogen and oxygen atoms in total. The number of nitrogens with zero attached hydrogens (tertiary/aromatic N) is 1. The Morgan fingerprint density at radius 1 is 1.26 bits per heavy atom. The fourth-order valence-electron chi connectivity index (χ4n) is 2.13. The summed E-state index contributed by atoms with van der Waals surface area (Å²) in [6.07, 6.45) is 1.82. The van der Waals surface area contributed by atoms with Crippen LogP contribution in [0.25, 0.3) is 11.3 Å². The Hall–Kier alpha value is -2.01. The summed E-state index contributed by atoms with van der Waals surface area (Å²) in [4.78, 5) is 7.60. The zero-order valence-corrected chi connectivity index (χ0v) is 11.7. The van der Waals surface area contributed by atoms with Crippen LogP contribution >= 0.6 is 0 Å². The first-order valence-electron chi connectivity index (χ1n) is 6.11. The Bertz CT molecular complexity index is 564. The van der Waals surface area contributed by atoms with Crippen molar-refractivity contribution in [2.45, 2.75) is 13.5 Å². The minimum Gasteiger partial charge on any atom is -0.496 e. The van der Waals surface area contributed by atoms with Gasteiger partial charge in [0.2, 0.25) is 0 Å². The maximum absolute atomic E-state index is 5.50. The maximum atomic E-state index is 5.50. The first-order chi connectivity index (χ1) is 9.21. The normalized spacial score (nSPS) is 10.5. The molecule has 1 aromatic carbocycles. The van der Waals surface area contributed by atoms with Crippen molar-refractivity contribution >= 4 is 0 Å². The van der Waals surface area contributed by atoms with E-state index in [-0.39, 0.29) is 0 Å². The van der Waals surface area contributed by atoms with E-state index in [1.165, 1.54) is 0 Å². The van der Waals surface area contributed by atoms with Crippen LogP contribution in [-0.4, -0.2) is 31.2 Å². The molecule has 5 heteroatoms. The quantitative estimate of drug-likeness (QED) is 0.865. The van der Waals surface area contributed by atoms with E-state index in [2.05, 4.69) is 15.3 Å². The van der Waals surface area contributed by atoms with Crippen LogP contribution in [0.3, 0.4) is 0 Å². The van der Waals surface area contributed by atoms with E-state index in [4.69, 9.17) is 9.47 Å². The van der Waals surface area contributed by atoms with E-state index in [1.807, 2.05) is 32.3 Å². The molecule has 0 atom stereocenters. The molecule has 19 heavy (non-hydrogen) atoms. The minimum atomic E-state index is 0.706. The molecule has 0 spiro atoms. The molecule has 2 rings (SSSR count). The Morgan fingerprint density at radius 3 is 2.68 bits per heavy atom. The van der Waals surface area contributed by atoms with E-state index >= 15 is 0 Å². The number of rotatable bonds is 5. The predicted molar refractivity (Wildman–Crippen MR) is 74.6 cm³/mol. The molecular weight excluding hydrogens is 242 g/mol. The van der Waals surface area contributed by atoms with E-state index in [1.54, 1.807) is 14.2 Å². The van der Waals surface area contributed by atoms with Crippen molar-refractivity contribution in [1.29, 1.82) is 0 Å². The van der Waals surface area contributed by atoms with E-state index < -0.39 is 0 Å². The van der Waals surface area contributed by atoms with Gasteiger partial charge in [-0.1, -0.05) is 0 Å². The van der Waals surface area contributed by atoms with Crippen molar-refractivity contribution in [2.75, 3.05) is 21.3 Å². The molecule has 0 aliphatic rings. The third-order valence-electron chi connectivity index (χ3n) is 3.04. The summed E-state index contributed by atoms with van der Waals surface area (Å²) in [5.41, 5.74) is 2.90. The van der Waals surface area contributed by atoms with Crippen LogP contribution in [0.5, 0.6) is 11.5 Å². The zero-order chi connectivity index (χ0) is 13.8. The van der Waals surface area contributed by atoms with Gasteiger partial charge in [-0.2, -0.15) is 0 Å². The molecule has 0 fully saturated rings. The summed E-state index contributed by atoms with van der Waals surface area (Å²) in [5, 5.41) is 3.06. The Labute approximate surface area is 113 Å². The number of ether oxygens (including phenoxy) is 2. The monoisotopic (exact) mass is 261 g/mol. The van der Waals surface area contributed by atoms with Crippen molar-refractivity contribution < 1.29 is 9.47 Å². The van der Waals surface area contributed by atoms with Gasteiger partial charge >= 0.3 is 0 Å². The molecule has 0 bridgehead atoms. The third kappa shape index (κ3) is 2.56. The van der Waals surface area contributed by atoms with Crippen LogP contribution in [0.2, 0.25) is 0 Å². The Kier molecular flexibility index (Phi) is 4.06. The summed E-state index contributed by atoms with van der Waals surface area (Å²) in [6.45, 7) is 2.68. The molecule has 0 saturated carbocycles. The van der Waals surface area contributed by atoms with Crippen LogP contribution in [0, 0.1) is 6.92 Å². The van der Waals surface area contributed by atoms with Gasteiger partial charge in [0.05, 0.1) is 32.7 Å². The van der Waals surface area contributed by atoms with Crippen molar-refractivity contribution in [3.8, 4) is 22.8 Å². The number of imidazole rings is 1. The number of aromatic nitrogens is 2. The Balaban J connectivity index is 2.46. The van der Waals surface area contributed by atoms with Gasteiger partial charge in [-0.3, -0.25) is 0 Å². The summed E-state index contributed by atoms with van der Waals surface area (Å²) < 4.78 is 10.8. The molecule has 0 unspecified atom stereocenters. The van der Waals surface area contributed by atoms with E-state index in [0.717, 1.165) is 34.1 Å². The highest BCUT2D eigenvalue weighted by Gasteiger charge is 2.14. The second-order valence-corrected chi connectivity index (χ2v) is 4.25. The largest absolute Gasteiger partial charge is 0.496 e. The van der Waals surface area contributed by atoms with E-state index in [0.29, 0.717) is 6.54 Å². The molecule has 102 valence electrons. The number of nitrogens with one attached hydrogen (secondary N) is 2. The summed E-state index contributed by atoms with van der Waals surface area (Å²) >= 11 is 0. The van der Waals surface area contributed by atoms with Crippen molar-refractivity contribution in [1.82, 2.24) is 15.3 Å². The average molecular weight is 261 g/mol. The fourth-order valence-corrected chi connectivity index (χ4v) is 2.13. The summed E-state index contributed by atoms with van der Waals surface area (Å²) in [7, 11) is 5.21. The number of hydrogen-bond acceptors (Lipinski definition) is 4. The molecule has 2 N–H and O–H groups in total. The number of hydrogen-bond donors (Lipinski definition) is 2. The van der Waals surface area contributed by atoms with Gasteiger partial charge in [0, 0.05) is 11.1 Å². The lowest BCUT2D eigenvalue weighted by Crippen LogP contribution is -2.06. The third-order valence-corrected chi connectivity index (χ3v) is 3.04. The number of methoxy groups -OCH3 is 2. The molecule has 1 aromatic heterocycles. The second-order valence-electron chi connectivity index (χ2n) is 4.25. The van der Waals surface area contributed by atoms with Gasteiger partial charge < -0.3 is 19.8 Å². The number of benzene rings is 1. The van der Waals surface area contributed by atoms with Crippen molar-refractivity contribution in [3.63, 3.8) is 0 Å². The number of aromatic amines is 1. The van der Waals surface area contributed by atoms with Crippen LogP contribution in [0.1, 0.15) is 11.4 Å². The highest BCUT2D eigenvalue weighted by Crippen LogP contribution is 2.36. The maximum Gasteiger partial charge on any atom is 0.134 e. The molecule has 0 aliphatic carbocycles. The van der Waals surface area contributed by atoms with Gasteiger partial charge in [-0.15, -0.1) is 0 Å². The lowest BCUT2D eigenvalue weighted by molar-refractivity contribution is 0.390. The zero-order valence-electron chi connectivity index (χ0n) is 11.7. The molecular formula is C14H19N3O2. The molecule has 0 amide bonds. The van der Waals surface area contributed by atoms with E-state index in [9.17, 15) is 0 Å². The summed E-state index contributed by atoms with van der Waals surface area (Å²) in [5.74, 6) is 2.52. The Morgan fingerprint density at radius 2 is 2.05 bits per heavy atom. The van der Waals surface area contributed by atoms with Gasteiger partial charge in [0.15, 0.2) is 0 Å². The van der Waals surface area contributed by atoms with Gasteiger partial charge in [-0.25, -0.2) is 4.98 Å². The molecule has 0 radical (unpaired) electrons. The number of H-pyrrole nitrogens is 1. The van der Waals surface area contributed by atoms with Crippen molar-refractivity contribution in [2.24, 2.45) is 0 Å². The molecule has 1 heterocycles. The lowest BCUT2D eigenvalue weighted by atomic mass is 10.1. The lowest BCUT2D eigenvalue weighted by Gasteiger charge is -2.13. The molecule has 0 saturated heterocycles. The summed E-state index contributed by atoms with van der Waals surface area (Å²) in [6, 6.07) is 3.91. The molecule has 2 aromatic rings. The minimum absolute atomic E-state index is 0.706. The highest BCUT2D eigenvalue weighted by molar-refractivity contribution is 5.71. The highest BCUT2D eigenvalue weighted by atomic mass is 16.5. The second kappa shape index (κ2) is 5.75. The van der Waals surface area contributed by atoms with Crippen molar-refractivity contribution in [3.05, 3.63) is 29.7 Å². The van der Waals surface area contributed by atoms with Crippen LogP contribution in [0.4, 0.5) is 0 Å². The first-order valence-corrected chi connectivity index (χ1v) is 6.11. The predicted octanol–water partition coefficient (Wildman–Crippen LogP) is 2.12. The smallest absolute Gasteiger partial charge is 0.134 e. The topological polar surface area (TPSA) is 59.2 Å². The average Bonchev–Trinajstić information content (AvgIpc) is 2.87. The standard InChI is InChI=1S/C14H19N3O2/c1-9-12(18-3)6-5-10(14(9)19-4)11-7-16-13(17-11)8-15-2/h5-7,15H,8H2,1-4H3,(H,16,17). The van der Waals surface area contributed by atoms with Crippen LogP contribution in [-0.2, 0) is 6.54 Å². The van der Waals surface area contributed by atoms with Crippen LogP contribution < -0.4 is 14.8 Å². The molecule has 0 aliphatic heterocycles. The fraction of sp³-hybridized carbons (Fsp3) is 0.357. The van der Waals surface area contributed by atoms with Gasteiger partial charge in [0.1, 0.15) is 17.3 Å². The first kappa shape index (κ1) is 13.4. The van der Waals surface area contributed by atoms with Gasteiger partial charge in [-0.05, 0) is 26.1 Å². The van der Waals surface area contributed by atoms with Gasteiger partial charge in [0.25, 0.3) is 0 Å².